The van der Waals surface area contributed by atoms with Gasteiger partial charge in [-0.05, 0) is 73.5 Å². The minimum atomic E-state index is 0.115. The number of aromatic nitrogens is 1. The van der Waals surface area contributed by atoms with Crippen LogP contribution >= 0.6 is 0 Å². The van der Waals surface area contributed by atoms with Crippen LogP contribution in [-0.2, 0) is 6.42 Å². The van der Waals surface area contributed by atoms with Crippen molar-refractivity contribution in [3.05, 3.63) is 71.6 Å². The van der Waals surface area contributed by atoms with Gasteiger partial charge in [0.05, 0.1) is 5.56 Å². The zero-order valence-electron chi connectivity index (χ0n) is 17.0. The number of hydrogen-bond donors (Lipinski definition) is 0. The van der Waals surface area contributed by atoms with E-state index in [4.69, 9.17) is 0 Å². The third-order valence-electron chi connectivity index (χ3n) is 6.88. The second-order valence-electron chi connectivity index (χ2n) is 8.71. The second kappa shape index (κ2) is 8.11. The smallest absolute Gasteiger partial charge is 0.255 e. The van der Waals surface area contributed by atoms with Crippen LogP contribution in [0.3, 0.4) is 0 Å². The van der Waals surface area contributed by atoms with E-state index in [1.807, 2.05) is 17.0 Å². The number of nitrogens with zero attached hydrogens (tertiary/aromatic N) is 3. The Bertz CT molecular complexity index is 884. The lowest BCUT2D eigenvalue weighted by Crippen LogP contribution is -2.29. The summed E-state index contributed by atoms with van der Waals surface area (Å²) in [5, 5.41) is 0. The van der Waals surface area contributed by atoms with Gasteiger partial charge in [-0.15, -0.1) is 0 Å². The number of amides is 1. The average Bonchev–Trinajstić information content (AvgIpc) is 3.50. The average molecular weight is 388 g/mol. The van der Waals surface area contributed by atoms with Gasteiger partial charge in [0.25, 0.3) is 5.91 Å². The maximum Gasteiger partial charge on any atom is 0.255 e. The van der Waals surface area contributed by atoms with Crippen LogP contribution in [0.1, 0.15) is 40.7 Å². The lowest BCUT2D eigenvalue weighted by Gasteiger charge is -2.18. The Morgan fingerprint density at radius 2 is 1.90 bits per heavy atom. The van der Waals surface area contributed by atoms with Crippen molar-refractivity contribution in [2.75, 3.05) is 32.7 Å². The molecule has 0 bridgehead atoms. The van der Waals surface area contributed by atoms with E-state index in [-0.39, 0.29) is 5.91 Å². The molecule has 5 rings (SSSR count). The molecule has 2 fully saturated rings. The molecule has 150 valence electrons. The fourth-order valence-corrected chi connectivity index (χ4v) is 5.22. The number of hydrogen-bond acceptors (Lipinski definition) is 3. The lowest BCUT2D eigenvalue weighted by molar-refractivity contribution is 0.0784. The topological polar surface area (TPSA) is 36.4 Å². The van der Waals surface area contributed by atoms with Gasteiger partial charge in [0.2, 0.25) is 0 Å². The van der Waals surface area contributed by atoms with E-state index < -0.39 is 0 Å². The summed E-state index contributed by atoms with van der Waals surface area (Å²) in [6, 6.07) is 12.9. The van der Waals surface area contributed by atoms with Crippen molar-refractivity contribution in [2.24, 2.45) is 11.8 Å². The Morgan fingerprint density at radius 3 is 2.66 bits per heavy atom. The molecule has 1 aromatic carbocycles. The Labute approximate surface area is 173 Å². The summed E-state index contributed by atoms with van der Waals surface area (Å²) >= 11 is 0. The summed E-state index contributed by atoms with van der Waals surface area (Å²) in [7, 11) is 0. The van der Waals surface area contributed by atoms with Crippen LogP contribution in [0, 0.1) is 11.8 Å². The molecule has 1 aromatic heterocycles. The Morgan fingerprint density at radius 1 is 1.07 bits per heavy atom. The van der Waals surface area contributed by atoms with Crippen LogP contribution in [-0.4, -0.2) is 53.4 Å². The standard InChI is InChI=1S/C25H29N3O/c29-25(21-4-3-12-26-16-21)28-17-22-9-10-23(24(22)18-28)20-7-5-19(6-8-20)11-15-27-13-1-2-14-27/h3-8,10,12,16,22,24H,1-2,9,11,13-15,17-18H2/t22-,24+/m0/s1. The van der Waals surface area contributed by atoms with Crippen LogP contribution < -0.4 is 0 Å². The van der Waals surface area contributed by atoms with E-state index in [1.54, 1.807) is 12.4 Å². The van der Waals surface area contributed by atoms with Gasteiger partial charge in [-0.25, -0.2) is 0 Å². The van der Waals surface area contributed by atoms with Crippen molar-refractivity contribution in [1.82, 2.24) is 14.8 Å². The van der Waals surface area contributed by atoms with Gasteiger partial charge >= 0.3 is 0 Å². The molecule has 29 heavy (non-hydrogen) atoms. The summed E-state index contributed by atoms with van der Waals surface area (Å²) in [6.07, 6.45) is 10.7. The molecule has 0 spiro atoms. The fraction of sp³-hybridized carbons (Fsp3) is 0.440. The third kappa shape index (κ3) is 3.86. The minimum Gasteiger partial charge on any atom is -0.338 e. The lowest BCUT2D eigenvalue weighted by atomic mass is 9.90. The van der Waals surface area contributed by atoms with E-state index in [1.165, 1.54) is 49.2 Å². The van der Waals surface area contributed by atoms with Gasteiger partial charge in [-0.1, -0.05) is 30.3 Å². The SMILES string of the molecule is O=C(c1cccnc1)N1C[C@@H]2CC=C(c3ccc(CCN4CCCC4)cc3)[C@@H]2C1. The van der Waals surface area contributed by atoms with Crippen molar-refractivity contribution in [3.8, 4) is 0 Å². The van der Waals surface area contributed by atoms with Crippen molar-refractivity contribution in [2.45, 2.75) is 25.7 Å². The maximum atomic E-state index is 12.8. The van der Waals surface area contributed by atoms with Gasteiger partial charge in [0.1, 0.15) is 0 Å². The predicted octanol–water partition coefficient (Wildman–Crippen LogP) is 3.90. The second-order valence-corrected chi connectivity index (χ2v) is 8.71. The molecule has 2 atom stereocenters. The van der Waals surface area contributed by atoms with E-state index in [0.717, 1.165) is 25.9 Å². The molecule has 2 saturated heterocycles. The number of fused-ring (bicyclic) bond motifs is 1. The predicted molar refractivity (Wildman–Crippen MR) is 116 cm³/mol. The summed E-state index contributed by atoms with van der Waals surface area (Å²) in [6.45, 7) is 5.38. The molecule has 2 aromatic rings. The van der Waals surface area contributed by atoms with Crippen molar-refractivity contribution < 1.29 is 4.79 Å². The zero-order valence-corrected chi connectivity index (χ0v) is 17.0. The van der Waals surface area contributed by atoms with Crippen molar-refractivity contribution in [1.29, 1.82) is 0 Å². The normalized spacial score (nSPS) is 24.0. The van der Waals surface area contributed by atoms with Crippen molar-refractivity contribution >= 4 is 11.5 Å². The maximum absolute atomic E-state index is 12.8. The van der Waals surface area contributed by atoms with E-state index in [0.29, 0.717) is 17.4 Å². The van der Waals surface area contributed by atoms with Crippen LogP contribution in [0.15, 0.2) is 54.9 Å². The van der Waals surface area contributed by atoms with Gasteiger partial charge in [-0.2, -0.15) is 0 Å². The molecule has 1 aliphatic carbocycles. The fourth-order valence-electron chi connectivity index (χ4n) is 5.22. The molecule has 0 radical (unpaired) electrons. The van der Waals surface area contributed by atoms with Crippen LogP contribution in [0.2, 0.25) is 0 Å². The Kier molecular flexibility index (Phi) is 5.19. The van der Waals surface area contributed by atoms with Gasteiger partial charge in [0, 0.05) is 37.9 Å². The number of benzene rings is 1. The number of allylic oxidation sites excluding steroid dienone is 1. The van der Waals surface area contributed by atoms with E-state index >= 15 is 0 Å². The molecule has 0 saturated carbocycles. The first-order valence-electron chi connectivity index (χ1n) is 11.0. The van der Waals surface area contributed by atoms with Crippen LogP contribution in [0.25, 0.3) is 5.57 Å². The van der Waals surface area contributed by atoms with Gasteiger partial charge in [0.15, 0.2) is 0 Å². The molecule has 2 aliphatic heterocycles. The number of pyridine rings is 1. The Hall–Kier alpha value is -2.46. The first-order chi connectivity index (χ1) is 14.3. The van der Waals surface area contributed by atoms with Crippen LogP contribution in [0.5, 0.6) is 0 Å². The summed E-state index contributed by atoms with van der Waals surface area (Å²) in [5.74, 6) is 1.13. The highest BCUT2D eigenvalue weighted by atomic mass is 16.2. The number of likely N-dealkylation sites (tertiary alicyclic amines) is 2. The summed E-state index contributed by atoms with van der Waals surface area (Å²) in [5.41, 5.74) is 4.89. The third-order valence-corrected chi connectivity index (χ3v) is 6.88. The molecule has 0 N–H and O–H groups in total. The van der Waals surface area contributed by atoms with Gasteiger partial charge in [-0.3, -0.25) is 9.78 Å². The molecule has 3 heterocycles. The number of carbonyl (C=O) groups is 1. The molecule has 1 amide bonds. The van der Waals surface area contributed by atoms with E-state index in [9.17, 15) is 4.79 Å². The minimum absolute atomic E-state index is 0.115. The molecule has 0 unspecified atom stereocenters. The summed E-state index contributed by atoms with van der Waals surface area (Å²) < 4.78 is 0. The molecule has 4 heteroatoms. The first-order valence-corrected chi connectivity index (χ1v) is 11.0. The molecular formula is C25H29N3O. The quantitative estimate of drug-likeness (QED) is 0.781. The highest BCUT2D eigenvalue weighted by Gasteiger charge is 2.40. The number of rotatable bonds is 5. The highest BCUT2D eigenvalue weighted by molar-refractivity contribution is 5.94. The highest BCUT2D eigenvalue weighted by Crippen LogP contribution is 2.43. The Balaban J connectivity index is 1.22. The van der Waals surface area contributed by atoms with Crippen LogP contribution in [0.4, 0.5) is 0 Å². The largest absolute Gasteiger partial charge is 0.338 e. The summed E-state index contributed by atoms with van der Waals surface area (Å²) in [4.78, 5) is 21.5. The molecule has 3 aliphatic rings. The molecular weight excluding hydrogens is 358 g/mol. The first kappa shape index (κ1) is 18.6. The monoisotopic (exact) mass is 387 g/mol. The number of carbonyl (C=O) groups excluding carboxylic acids is 1. The van der Waals surface area contributed by atoms with E-state index in [2.05, 4.69) is 40.2 Å². The molecule has 4 nitrogen and oxygen atoms in total. The van der Waals surface area contributed by atoms with Crippen molar-refractivity contribution in [3.63, 3.8) is 0 Å². The van der Waals surface area contributed by atoms with Gasteiger partial charge < -0.3 is 9.80 Å². The zero-order chi connectivity index (χ0) is 19.6.